The third-order valence-corrected chi connectivity index (χ3v) is 3.57. The van der Waals surface area contributed by atoms with Crippen LogP contribution in [0, 0.1) is 0 Å². The van der Waals surface area contributed by atoms with Gasteiger partial charge in [0.25, 0.3) is 0 Å². The third kappa shape index (κ3) is 8.68. The number of aliphatic imine (C=N–C) groups is 1. The van der Waals surface area contributed by atoms with Crippen molar-refractivity contribution < 1.29 is 0 Å². The first kappa shape index (κ1) is 19.6. The summed E-state index contributed by atoms with van der Waals surface area (Å²) < 4.78 is 0. The summed E-state index contributed by atoms with van der Waals surface area (Å²) in [5, 5.41) is 7.06. The van der Waals surface area contributed by atoms with Gasteiger partial charge >= 0.3 is 0 Å². The Balaban J connectivity index is 0.00000361. The molecule has 0 aliphatic rings. The molecule has 0 aliphatic carbocycles. The van der Waals surface area contributed by atoms with Gasteiger partial charge in [-0.3, -0.25) is 4.99 Å². The highest BCUT2D eigenvalue weighted by Crippen LogP contribution is 2.22. The molecule has 1 unspecified atom stereocenters. The molecule has 114 valence electrons. The van der Waals surface area contributed by atoms with E-state index < -0.39 is 0 Å². The summed E-state index contributed by atoms with van der Waals surface area (Å²) in [4.78, 5) is 5.92. The van der Waals surface area contributed by atoms with Gasteiger partial charge in [0.1, 0.15) is 0 Å². The SMILES string of the molecule is CCCNC(=NCC(C)Sc1ccccc1)NCC.I. The fourth-order valence-corrected chi connectivity index (χ4v) is 2.50. The lowest BCUT2D eigenvalue weighted by Crippen LogP contribution is -2.38. The van der Waals surface area contributed by atoms with Gasteiger partial charge in [-0.05, 0) is 25.5 Å². The zero-order valence-corrected chi connectivity index (χ0v) is 15.7. The average molecular weight is 407 g/mol. The Morgan fingerprint density at radius 3 is 2.50 bits per heavy atom. The monoisotopic (exact) mass is 407 g/mol. The summed E-state index contributed by atoms with van der Waals surface area (Å²) in [6, 6.07) is 10.5. The topological polar surface area (TPSA) is 36.4 Å². The molecule has 0 heterocycles. The number of nitrogens with one attached hydrogen (secondary N) is 2. The van der Waals surface area contributed by atoms with Crippen LogP contribution in [0.15, 0.2) is 40.2 Å². The van der Waals surface area contributed by atoms with Crippen molar-refractivity contribution in [2.24, 2.45) is 4.99 Å². The minimum Gasteiger partial charge on any atom is -0.357 e. The van der Waals surface area contributed by atoms with E-state index in [0.717, 1.165) is 32.0 Å². The van der Waals surface area contributed by atoms with Crippen LogP contribution in [0.25, 0.3) is 0 Å². The van der Waals surface area contributed by atoms with Crippen LogP contribution in [-0.2, 0) is 0 Å². The molecule has 0 spiro atoms. The molecule has 0 aliphatic heterocycles. The molecule has 0 amide bonds. The average Bonchev–Trinajstić information content (AvgIpc) is 2.43. The third-order valence-electron chi connectivity index (χ3n) is 2.47. The van der Waals surface area contributed by atoms with Crippen molar-refractivity contribution in [3.05, 3.63) is 30.3 Å². The van der Waals surface area contributed by atoms with E-state index in [2.05, 4.69) is 60.7 Å². The Kier molecular flexibility index (Phi) is 12.1. The lowest BCUT2D eigenvalue weighted by molar-refractivity contribution is 0.782. The van der Waals surface area contributed by atoms with E-state index in [9.17, 15) is 0 Å². The van der Waals surface area contributed by atoms with Crippen LogP contribution in [0.5, 0.6) is 0 Å². The molecule has 1 rings (SSSR count). The molecule has 0 radical (unpaired) electrons. The summed E-state index contributed by atoms with van der Waals surface area (Å²) >= 11 is 1.86. The quantitative estimate of drug-likeness (QED) is 0.313. The lowest BCUT2D eigenvalue weighted by Gasteiger charge is -2.12. The number of hydrogen-bond donors (Lipinski definition) is 2. The minimum absolute atomic E-state index is 0. The van der Waals surface area contributed by atoms with Crippen molar-refractivity contribution in [1.29, 1.82) is 0 Å². The molecule has 1 atom stereocenters. The Morgan fingerprint density at radius 1 is 1.20 bits per heavy atom. The van der Waals surface area contributed by atoms with E-state index in [4.69, 9.17) is 0 Å². The number of hydrogen-bond acceptors (Lipinski definition) is 2. The molecule has 0 saturated carbocycles. The first-order chi connectivity index (χ1) is 9.26. The summed E-state index contributed by atoms with van der Waals surface area (Å²) in [5.74, 6) is 0.921. The summed E-state index contributed by atoms with van der Waals surface area (Å²) in [5.41, 5.74) is 0. The number of nitrogens with zero attached hydrogens (tertiary/aromatic N) is 1. The van der Waals surface area contributed by atoms with Crippen molar-refractivity contribution in [1.82, 2.24) is 10.6 Å². The fraction of sp³-hybridized carbons (Fsp3) is 0.533. The van der Waals surface area contributed by atoms with Gasteiger partial charge in [-0.1, -0.05) is 32.0 Å². The zero-order valence-electron chi connectivity index (χ0n) is 12.6. The van der Waals surface area contributed by atoms with E-state index in [1.807, 2.05) is 17.8 Å². The van der Waals surface area contributed by atoms with Crippen LogP contribution < -0.4 is 10.6 Å². The molecule has 0 aromatic heterocycles. The molecule has 5 heteroatoms. The van der Waals surface area contributed by atoms with Crippen LogP contribution in [-0.4, -0.2) is 30.8 Å². The molecular formula is C15H26IN3S. The minimum atomic E-state index is 0. The number of guanidine groups is 1. The highest BCUT2D eigenvalue weighted by molar-refractivity contribution is 14.0. The van der Waals surface area contributed by atoms with Crippen LogP contribution in [0.4, 0.5) is 0 Å². The number of thioether (sulfide) groups is 1. The van der Waals surface area contributed by atoms with Gasteiger partial charge in [-0.2, -0.15) is 0 Å². The molecule has 0 saturated heterocycles. The first-order valence-corrected chi connectivity index (χ1v) is 7.88. The predicted molar refractivity (Wildman–Crippen MR) is 101 cm³/mol. The second kappa shape index (κ2) is 12.3. The Bertz CT molecular complexity index is 371. The molecule has 2 N–H and O–H groups in total. The van der Waals surface area contributed by atoms with Gasteiger partial charge in [-0.25, -0.2) is 0 Å². The van der Waals surface area contributed by atoms with Gasteiger partial charge < -0.3 is 10.6 Å². The maximum absolute atomic E-state index is 4.62. The standard InChI is InChI=1S/C15H25N3S.HI/c1-4-11-17-15(16-5-2)18-12-13(3)19-14-9-7-6-8-10-14;/h6-10,13H,4-5,11-12H2,1-3H3,(H2,16,17,18);1H. The van der Waals surface area contributed by atoms with Crippen LogP contribution in [0.3, 0.4) is 0 Å². The van der Waals surface area contributed by atoms with E-state index >= 15 is 0 Å². The highest BCUT2D eigenvalue weighted by Gasteiger charge is 2.04. The molecule has 20 heavy (non-hydrogen) atoms. The Morgan fingerprint density at radius 2 is 1.90 bits per heavy atom. The van der Waals surface area contributed by atoms with Crippen molar-refractivity contribution >= 4 is 41.7 Å². The molecule has 3 nitrogen and oxygen atoms in total. The zero-order chi connectivity index (χ0) is 13.9. The van der Waals surface area contributed by atoms with E-state index in [-0.39, 0.29) is 24.0 Å². The molecular weight excluding hydrogens is 381 g/mol. The van der Waals surface area contributed by atoms with E-state index in [1.165, 1.54) is 4.90 Å². The lowest BCUT2D eigenvalue weighted by atomic mass is 10.4. The predicted octanol–water partition coefficient (Wildman–Crippen LogP) is 3.75. The molecule has 0 fully saturated rings. The summed E-state index contributed by atoms with van der Waals surface area (Å²) in [6.45, 7) is 9.14. The summed E-state index contributed by atoms with van der Waals surface area (Å²) in [7, 11) is 0. The van der Waals surface area contributed by atoms with Gasteiger partial charge in [-0.15, -0.1) is 35.7 Å². The van der Waals surface area contributed by atoms with Crippen molar-refractivity contribution in [3.8, 4) is 0 Å². The second-order valence-corrected chi connectivity index (χ2v) is 5.90. The maximum atomic E-state index is 4.62. The van der Waals surface area contributed by atoms with Crippen molar-refractivity contribution in [2.75, 3.05) is 19.6 Å². The molecule has 0 bridgehead atoms. The highest BCUT2D eigenvalue weighted by atomic mass is 127. The smallest absolute Gasteiger partial charge is 0.191 e. The molecule has 1 aromatic rings. The number of benzene rings is 1. The van der Waals surface area contributed by atoms with Crippen LogP contribution in [0.1, 0.15) is 27.2 Å². The largest absolute Gasteiger partial charge is 0.357 e. The van der Waals surface area contributed by atoms with Gasteiger partial charge in [0.15, 0.2) is 5.96 Å². The number of halogens is 1. The van der Waals surface area contributed by atoms with E-state index in [1.54, 1.807) is 0 Å². The molecule has 1 aromatic carbocycles. The van der Waals surface area contributed by atoms with Gasteiger partial charge in [0, 0.05) is 23.2 Å². The fourth-order valence-electron chi connectivity index (χ4n) is 1.57. The van der Waals surface area contributed by atoms with Crippen LogP contribution in [0.2, 0.25) is 0 Å². The number of rotatable bonds is 7. The van der Waals surface area contributed by atoms with Crippen molar-refractivity contribution in [3.63, 3.8) is 0 Å². The first-order valence-electron chi connectivity index (χ1n) is 7.00. The van der Waals surface area contributed by atoms with Crippen LogP contribution >= 0.6 is 35.7 Å². The summed E-state index contributed by atoms with van der Waals surface area (Å²) in [6.07, 6.45) is 1.11. The Labute approximate surface area is 144 Å². The Hall–Kier alpha value is -0.430. The van der Waals surface area contributed by atoms with E-state index in [0.29, 0.717) is 5.25 Å². The van der Waals surface area contributed by atoms with Gasteiger partial charge in [0.2, 0.25) is 0 Å². The maximum Gasteiger partial charge on any atom is 0.191 e. The normalized spacial score (nSPS) is 12.4. The van der Waals surface area contributed by atoms with Gasteiger partial charge in [0.05, 0.1) is 6.54 Å². The second-order valence-electron chi connectivity index (χ2n) is 4.39. The van der Waals surface area contributed by atoms with Crippen molar-refractivity contribution in [2.45, 2.75) is 37.3 Å².